The van der Waals surface area contributed by atoms with Crippen LogP contribution >= 0.6 is 0 Å². The van der Waals surface area contributed by atoms with Gasteiger partial charge >= 0.3 is 0 Å². The number of methoxy groups -OCH3 is 1. The van der Waals surface area contributed by atoms with Gasteiger partial charge in [-0.05, 0) is 12.5 Å². The summed E-state index contributed by atoms with van der Waals surface area (Å²) >= 11 is 0. The molecule has 0 fully saturated rings. The summed E-state index contributed by atoms with van der Waals surface area (Å²) in [5.41, 5.74) is 1.04. The van der Waals surface area contributed by atoms with Crippen LogP contribution in [-0.4, -0.2) is 18.8 Å². The molecule has 1 aromatic carbocycles. The van der Waals surface area contributed by atoms with E-state index >= 15 is 0 Å². The molecule has 1 N–H and O–H groups in total. The largest absolute Gasteiger partial charge is 0.496 e. The first kappa shape index (κ1) is 9.81. The predicted octanol–water partition coefficient (Wildman–Crippen LogP) is 2.09. The molecule has 0 bridgehead atoms. The summed E-state index contributed by atoms with van der Waals surface area (Å²) in [6, 6.07) is 7.79. The number of para-hydroxylation sites is 1. The zero-order valence-electron chi connectivity index (χ0n) is 7.73. The van der Waals surface area contributed by atoms with Gasteiger partial charge in [-0.15, -0.1) is 0 Å². The molecular formula is C11H14O2. The van der Waals surface area contributed by atoms with E-state index < -0.39 is 0 Å². The zero-order valence-corrected chi connectivity index (χ0v) is 7.73. The maximum absolute atomic E-state index is 8.59. The van der Waals surface area contributed by atoms with Gasteiger partial charge in [-0.3, -0.25) is 0 Å². The molecule has 1 rings (SSSR count). The summed E-state index contributed by atoms with van der Waals surface area (Å²) in [5.74, 6) is 0.858. The van der Waals surface area contributed by atoms with Crippen molar-refractivity contribution in [1.29, 1.82) is 0 Å². The number of ether oxygens (including phenoxy) is 1. The lowest BCUT2D eigenvalue weighted by Crippen LogP contribution is -1.85. The number of hydrogen-bond acceptors (Lipinski definition) is 2. The van der Waals surface area contributed by atoms with Crippen molar-refractivity contribution in [1.82, 2.24) is 0 Å². The molecule has 70 valence electrons. The molecule has 0 amide bonds. The fraction of sp³-hybridized carbons (Fsp3) is 0.273. The molecule has 0 radical (unpaired) electrons. The molecule has 0 saturated heterocycles. The van der Waals surface area contributed by atoms with Crippen LogP contribution in [0.4, 0.5) is 0 Å². The lowest BCUT2D eigenvalue weighted by atomic mass is 10.2. The molecule has 0 aromatic heterocycles. The summed E-state index contributed by atoms with van der Waals surface area (Å²) < 4.78 is 5.16. The van der Waals surface area contributed by atoms with Gasteiger partial charge in [0.05, 0.1) is 7.11 Å². The highest BCUT2D eigenvalue weighted by Gasteiger charge is 1.95. The predicted molar refractivity (Wildman–Crippen MR) is 53.7 cm³/mol. The van der Waals surface area contributed by atoms with E-state index in [4.69, 9.17) is 9.84 Å². The van der Waals surface area contributed by atoms with Crippen molar-refractivity contribution in [2.45, 2.75) is 6.42 Å². The Bertz CT molecular complexity index is 279. The SMILES string of the molecule is COc1ccccc1/C=C/CCO. The van der Waals surface area contributed by atoms with Crippen LogP contribution in [0, 0.1) is 0 Å². The zero-order chi connectivity index (χ0) is 9.52. The number of rotatable bonds is 4. The monoisotopic (exact) mass is 178 g/mol. The molecule has 0 spiro atoms. The highest BCUT2D eigenvalue weighted by atomic mass is 16.5. The van der Waals surface area contributed by atoms with Crippen LogP contribution in [0.1, 0.15) is 12.0 Å². The standard InChI is InChI=1S/C11H14O2/c1-13-11-8-3-2-6-10(11)7-4-5-9-12/h2-4,6-8,12H,5,9H2,1H3/b7-4+. The van der Waals surface area contributed by atoms with Crippen molar-refractivity contribution in [2.75, 3.05) is 13.7 Å². The topological polar surface area (TPSA) is 29.5 Å². The second kappa shape index (κ2) is 5.38. The van der Waals surface area contributed by atoms with E-state index in [1.54, 1.807) is 7.11 Å². The van der Waals surface area contributed by atoms with Gasteiger partial charge in [-0.25, -0.2) is 0 Å². The van der Waals surface area contributed by atoms with Gasteiger partial charge in [0.1, 0.15) is 5.75 Å². The third kappa shape index (κ3) is 2.92. The Morgan fingerprint density at radius 2 is 2.15 bits per heavy atom. The van der Waals surface area contributed by atoms with E-state index in [-0.39, 0.29) is 6.61 Å². The van der Waals surface area contributed by atoms with Gasteiger partial charge in [-0.1, -0.05) is 30.4 Å². The Labute approximate surface area is 78.5 Å². The first-order valence-electron chi connectivity index (χ1n) is 4.29. The van der Waals surface area contributed by atoms with E-state index in [0.717, 1.165) is 11.3 Å². The Kier molecular flexibility index (Phi) is 4.06. The van der Waals surface area contributed by atoms with E-state index in [1.165, 1.54) is 0 Å². The summed E-state index contributed by atoms with van der Waals surface area (Å²) in [7, 11) is 1.65. The Morgan fingerprint density at radius 1 is 1.38 bits per heavy atom. The van der Waals surface area contributed by atoms with Crippen molar-refractivity contribution >= 4 is 6.08 Å². The van der Waals surface area contributed by atoms with E-state index in [9.17, 15) is 0 Å². The van der Waals surface area contributed by atoms with Gasteiger partial charge in [0.15, 0.2) is 0 Å². The molecule has 0 aliphatic rings. The van der Waals surface area contributed by atoms with Crippen molar-refractivity contribution in [3.8, 4) is 5.75 Å². The quantitative estimate of drug-likeness (QED) is 0.765. The maximum Gasteiger partial charge on any atom is 0.126 e. The molecular weight excluding hydrogens is 164 g/mol. The molecule has 1 aromatic rings. The minimum atomic E-state index is 0.186. The Hall–Kier alpha value is -1.28. The Balaban J connectivity index is 2.74. The summed E-state index contributed by atoms with van der Waals surface area (Å²) in [4.78, 5) is 0. The fourth-order valence-corrected chi connectivity index (χ4v) is 1.09. The smallest absolute Gasteiger partial charge is 0.126 e. The van der Waals surface area contributed by atoms with Crippen LogP contribution < -0.4 is 4.74 Å². The summed E-state index contributed by atoms with van der Waals surface area (Å²) in [6.45, 7) is 0.186. The van der Waals surface area contributed by atoms with Crippen molar-refractivity contribution in [3.05, 3.63) is 35.9 Å². The number of aliphatic hydroxyl groups excluding tert-OH is 1. The van der Waals surface area contributed by atoms with Crippen molar-refractivity contribution < 1.29 is 9.84 Å². The van der Waals surface area contributed by atoms with Crippen LogP contribution in [0.15, 0.2) is 30.3 Å². The molecule has 0 atom stereocenters. The van der Waals surface area contributed by atoms with Crippen molar-refractivity contribution in [2.24, 2.45) is 0 Å². The molecule has 0 aliphatic heterocycles. The fourth-order valence-electron chi connectivity index (χ4n) is 1.09. The van der Waals surface area contributed by atoms with Crippen LogP contribution in [0.5, 0.6) is 5.75 Å². The highest BCUT2D eigenvalue weighted by Crippen LogP contribution is 2.18. The maximum atomic E-state index is 8.59. The molecule has 0 aliphatic carbocycles. The second-order valence-corrected chi connectivity index (χ2v) is 2.66. The minimum absolute atomic E-state index is 0.186. The van der Waals surface area contributed by atoms with E-state index in [0.29, 0.717) is 6.42 Å². The lowest BCUT2D eigenvalue weighted by molar-refractivity contribution is 0.303. The van der Waals surface area contributed by atoms with Gasteiger partial charge in [-0.2, -0.15) is 0 Å². The Morgan fingerprint density at radius 3 is 2.85 bits per heavy atom. The van der Waals surface area contributed by atoms with Crippen LogP contribution in [0.25, 0.3) is 6.08 Å². The first-order valence-corrected chi connectivity index (χ1v) is 4.29. The van der Waals surface area contributed by atoms with Crippen LogP contribution in [0.2, 0.25) is 0 Å². The van der Waals surface area contributed by atoms with Gasteiger partial charge in [0.25, 0.3) is 0 Å². The van der Waals surface area contributed by atoms with Gasteiger partial charge in [0, 0.05) is 12.2 Å². The average Bonchev–Trinajstić information content (AvgIpc) is 2.19. The minimum Gasteiger partial charge on any atom is -0.496 e. The molecule has 2 heteroatoms. The first-order chi connectivity index (χ1) is 6.38. The normalized spacial score (nSPS) is 10.6. The summed E-state index contributed by atoms with van der Waals surface area (Å²) in [6.07, 6.45) is 4.56. The molecule has 0 saturated carbocycles. The number of benzene rings is 1. The highest BCUT2D eigenvalue weighted by molar-refractivity contribution is 5.56. The molecule has 0 unspecified atom stereocenters. The van der Waals surface area contributed by atoms with E-state index in [2.05, 4.69) is 0 Å². The number of hydrogen-bond donors (Lipinski definition) is 1. The number of aliphatic hydroxyl groups is 1. The lowest BCUT2D eigenvalue weighted by Gasteiger charge is -2.02. The van der Waals surface area contributed by atoms with Crippen LogP contribution in [0.3, 0.4) is 0 Å². The molecule has 0 heterocycles. The molecule has 2 nitrogen and oxygen atoms in total. The molecule has 13 heavy (non-hydrogen) atoms. The summed E-state index contributed by atoms with van der Waals surface area (Å²) in [5, 5.41) is 8.59. The third-order valence-corrected chi connectivity index (χ3v) is 1.73. The van der Waals surface area contributed by atoms with Crippen molar-refractivity contribution in [3.63, 3.8) is 0 Å². The third-order valence-electron chi connectivity index (χ3n) is 1.73. The van der Waals surface area contributed by atoms with E-state index in [1.807, 2.05) is 36.4 Å². The van der Waals surface area contributed by atoms with Gasteiger partial charge in [0.2, 0.25) is 0 Å². The average molecular weight is 178 g/mol. The van der Waals surface area contributed by atoms with Gasteiger partial charge < -0.3 is 9.84 Å². The van der Waals surface area contributed by atoms with Crippen LogP contribution in [-0.2, 0) is 0 Å². The second-order valence-electron chi connectivity index (χ2n) is 2.66.